The summed E-state index contributed by atoms with van der Waals surface area (Å²) in [5.41, 5.74) is 0. The molecular formula is C16H38BrNO. The van der Waals surface area contributed by atoms with Gasteiger partial charge < -0.3 is 26.9 Å². The van der Waals surface area contributed by atoms with Crippen LogP contribution >= 0.6 is 0 Å². The molecule has 0 bridgehead atoms. The first kappa shape index (κ1) is 24.4. The van der Waals surface area contributed by atoms with Crippen LogP contribution in [0.2, 0.25) is 0 Å². The Labute approximate surface area is 132 Å². The van der Waals surface area contributed by atoms with Crippen LogP contribution in [0.5, 0.6) is 0 Å². The van der Waals surface area contributed by atoms with Crippen molar-refractivity contribution in [3.63, 3.8) is 0 Å². The fraction of sp³-hybridized carbons (Fsp3) is 1.00. The number of rotatable bonds is 12. The van der Waals surface area contributed by atoms with Crippen molar-refractivity contribution in [2.75, 3.05) is 27.2 Å². The molecule has 0 fully saturated rings. The third-order valence-electron chi connectivity index (χ3n) is 3.97. The maximum atomic E-state index is 2.34. The average molecular weight is 340 g/mol. The summed E-state index contributed by atoms with van der Waals surface area (Å²) in [6.45, 7) is 7.19. The minimum absolute atomic E-state index is 0. The Bertz CT molecular complexity index is 163. The maximum Gasteiger partial charge on any atom is 0.0782 e. The molecule has 2 nitrogen and oxygen atoms in total. The number of nitrogens with zero attached hydrogens (tertiary/aromatic N) is 1. The number of hydrogen-bond donors (Lipinski definition) is 0. The molecule has 0 aliphatic heterocycles. The van der Waals surface area contributed by atoms with Crippen LogP contribution in [0.25, 0.3) is 0 Å². The van der Waals surface area contributed by atoms with Crippen molar-refractivity contribution >= 4 is 0 Å². The lowest BCUT2D eigenvalue weighted by Gasteiger charge is -2.28. The highest BCUT2D eigenvalue weighted by molar-refractivity contribution is 4.47. The summed E-state index contributed by atoms with van der Waals surface area (Å²) in [6, 6.07) is 0. The summed E-state index contributed by atoms with van der Waals surface area (Å²) in [4.78, 5) is 0. The van der Waals surface area contributed by atoms with Crippen molar-refractivity contribution in [3.05, 3.63) is 0 Å². The summed E-state index contributed by atoms with van der Waals surface area (Å²) in [7, 11) is 4.68. The van der Waals surface area contributed by atoms with Crippen LogP contribution in [-0.4, -0.2) is 37.1 Å². The lowest BCUT2D eigenvalue weighted by atomic mass is 10.1. The van der Waals surface area contributed by atoms with Gasteiger partial charge in [0.15, 0.2) is 0 Å². The molecule has 3 heteroatoms. The molecule has 0 aromatic heterocycles. The Hall–Kier alpha value is 0.400. The smallest absolute Gasteiger partial charge is 0.0782 e. The minimum atomic E-state index is 0. The van der Waals surface area contributed by atoms with Gasteiger partial charge >= 0.3 is 0 Å². The Balaban J connectivity index is -0.00000128. The summed E-state index contributed by atoms with van der Waals surface area (Å²) < 4.78 is 1.19. The van der Waals surface area contributed by atoms with Crippen molar-refractivity contribution < 1.29 is 26.9 Å². The molecule has 0 aromatic carbocycles. The van der Waals surface area contributed by atoms with E-state index in [1.807, 2.05) is 0 Å². The van der Waals surface area contributed by atoms with E-state index in [2.05, 4.69) is 27.9 Å². The molecule has 0 aromatic rings. The monoisotopic (exact) mass is 339 g/mol. The van der Waals surface area contributed by atoms with Crippen molar-refractivity contribution in [1.29, 1.82) is 0 Å². The number of quaternary nitrogens is 1. The number of halogens is 1. The lowest BCUT2D eigenvalue weighted by molar-refractivity contribution is -0.888. The molecule has 0 radical (unpaired) electrons. The van der Waals surface area contributed by atoms with Gasteiger partial charge in [0.25, 0.3) is 0 Å². The van der Waals surface area contributed by atoms with Crippen LogP contribution in [0.4, 0.5) is 0 Å². The third-order valence-corrected chi connectivity index (χ3v) is 3.97. The molecule has 120 valence electrons. The van der Waals surface area contributed by atoms with E-state index in [1.54, 1.807) is 0 Å². The van der Waals surface area contributed by atoms with Crippen LogP contribution in [0.1, 0.15) is 78.1 Å². The van der Waals surface area contributed by atoms with E-state index in [0.29, 0.717) is 0 Å². The van der Waals surface area contributed by atoms with Gasteiger partial charge in [0.1, 0.15) is 0 Å². The van der Waals surface area contributed by atoms with E-state index >= 15 is 0 Å². The molecule has 0 aliphatic carbocycles. The van der Waals surface area contributed by atoms with Crippen LogP contribution in [0, 0.1) is 0 Å². The predicted octanol–water partition coefficient (Wildman–Crippen LogP) is 1.18. The SMILES string of the molecule is CCCCCCCCCCCC[N+](C)(C)CC.O.[Br-]. The van der Waals surface area contributed by atoms with E-state index in [1.165, 1.54) is 81.8 Å². The molecule has 0 unspecified atom stereocenters. The largest absolute Gasteiger partial charge is 1.00 e. The van der Waals surface area contributed by atoms with Crippen molar-refractivity contribution in [2.45, 2.75) is 78.1 Å². The Kier molecular flexibility index (Phi) is 21.1. The normalized spacial score (nSPS) is 10.7. The van der Waals surface area contributed by atoms with Gasteiger partial charge in [0.2, 0.25) is 0 Å². The van der Waals surface area contributed by atoms with Gasteiger partial charge in [-0.05, 0) is 19.8 Å². The van der Waals surface area contributed by atoms with Crippen molar-refractivity contribution in [1.82, 2.24) is 0 Å². The summed E-state index contributed by atoms with van der Waals surface area (Å²) in [5.74, 6) is 0. The Morgan fingerprint density at radius 2 is 1.00 bits per heavy atom. The summed E-state index contributed by atoms with van der Waals surface area (Å²) in [5, 5.41) is 0. The zero-order valence-electron chi connectivity index (χ0n) is 13.8. The van der Waals surface area contributed by atoms with E-state index in [9.17, 15) is 0 Å². The Morgan fingerprint density at radius 3 is 1.37 bits per heavy atom. The zero-order valence-corrected chi connectivity index (χ0v) is 15.4. The highest BCUT2D eigenvalue weighted by Crippen LogP contribution is 2.11. The second-order valence-electron chi connectivity index (χ2n) is 6.16. The molecule has 0 atom stereocenters. The molecule has 0 spiro atoms. The molecule has 0 saturated carbocycles. The second kappa shape index (κ2) is 16.5. The molecule has 19 heavy (non-hydrogen) atoms. The molecule has 0 heterocycles. The zero-order chi connectivity index (χ0) is 13.0. The number of hydrogen-bond acceptors (Lipinski definition) is 0. The topological polar surface area (TPSA) is 31.5 Å². The average Bonchev–Trinajstić information content (AvgIpc) is 2.31. The van der Waals surface area contributed by atoms with Gasteiger partial charge in [-0.3, -0.25) is 0 Å². The summed E-state index contributed by atoms with van der Waals surface area (Å²) >= 11 is 0. The van der Waals surface area contributed by atoms with Gasteiger partial charge in [0, 0.05) is 0 Å². The highest BCUT2D eigenvalue weighted by Gasteiger charge is 2.09. The first-order chi connectivity index (χ1) is 8.12. The van der Waals surface area contributed by atoms with Gasteiger partial charge in [0.05, 0.1) is 27.2 Å². The quantitative estimate of drug-likeness (QED) is 0.378. The first-order valence-electron chi connectivity index (χ1n) is 7.94. The van der Waals surface area contributed by atoms with E-state index in [0.717, 1.165) is 0 Å². The highest BCUT2D eigenvalue weighted by atomic mass is 79.9. The third kappa shape index (κ3) is 18.4. The van der Waals surface area contributed by atoms with Crippen LogP contribution in [0.15, 0.2) is 0 Å². The lowest BCUT2D eigenvalue weighted by Crippen LogP contribution is -3.00. The minimum Gasteiger partial charge on any atom is -1.00 e. The van der Waals surface area contributed by atoms with E-state index in [-0.39, 0.29) is 22.5 Å². The molecule has 0 rings (SSSR count). The fourth-order valence-electron chi connectivity index (χ4n) is 2.19. The van der Waals surface area contributed by atoms with E-state index < -0.39 is 0 Å². The standard InChI is InChI=1S/C16H36N.BrH.H2O/c1-5-7-8-9-10-11-12-13-14-15-16-17(3,4)6-2;;/h5-16H2,1-4H3;1H;1H2/q+1;;/p-1. The molecule has 0 aliphatic rings. The summed E-state index contributed by atoms with van der Waals surface area (Å²) in [6.07, 6.45) is 14.4. The van der Waals surface area contributed by atoms with Gasteiger partial charge in [-0.1, -0.05) is 58.3 Å². The predicted molar refractivity (Wildman–Crippen MR) is 83.0 cm³/mol. The van der Waals surface area contributed by atoms with Gasteiger partial charge in [-0.15, -0.1) is 0 Å². The number of unbranched alkanes of at least 4 members (excludes halogenated alkanes) is 9. The van der Waals surface area contributed by atoms with E-state index in [4.69, 9.17) is 0 Å². The maximum absolute atomic E-state index is 2.34. The first-order valence-corrected chi connectivity index (χ1v) is 7.94. The Morgan fingerprint density at radius 1 is 0.632 bits per heavy atom. The molecule has 2 N–H and O–H groups in total. The van der Waals surface area contributed by atoms with Crippen LogP contribution in [-0.2, 0) is 0 Å². The van der Waals surface area contributed by atoms with Crippen molar-refractivity contribution in [3.8, 4) is 0 Å². The van der Waals surface area contributed by atoms with Crippen LogP contribution in [0.3, 0.4) is 0 Å². The second-order valence-corrected chi connectivity index (χ2v) is 6.16. The molecular weight excluding hydrogens is 302 g/mol. The van der Waals surface area contributed by atoms with Crippen LogP contribution < -0.4 is 17.0 Å². The molecule has 0 amide bonds. The fourth-order valence-corrected chi connectivity index (χ4v) is 2.19. The van der Waals surface area contributed by atoms with Gasteiger partial charge in [-0.25, -0.2) is 0 Å². The van der Waals surface area contributed by atoms with Crippen molar-refractivity contribution in [2.24, 2.45) is 0 Å². The molecule has 0 saturated heterocycles. The van der Waals surface area contributed by atoms with Gasteiger partial charge in [-0.2, -0.15) is 0 Å².